The summed E-state index contributed by atoms with van der Waals surface area (Å²) in [6.45, 7) is 7.37. The Labute approximate surface area is 185 Å². The molecule has 9 heteroatoms. The molecule has 1 saturated heterocycles. The van der Waals surface area contributed by atoms with E-state index in [-0.39, 0.29) is 42.2 Å². The molecule has 0 aromatic heterocycles. The second-order valence-corrected chi connectivity index (χ2v) is 10.00. The number of benzene rings is 1. The van der Waals surface area contributed by atoms with Crippen LogP contribution >= 0.6 is 24.0 Å². The van der Waals surface area contributed by atoms with Gasteiger partial charge in [0.25, 0.3) is 0 Å². The van der Waals surface area contributed by atoms with Crippen LogP contribution in [0.5, 0.6) is 0 Å². The number of nitrogens with zero attached hydrogens (tertiary/aromatic N) is 2. The van der Waals surface area contributed by atoms with Crippen LogP contribution in [-0.4, -0.2) is 68.4 Å². The number of sulfone groups is 1. The summed E-state index contributed by atoms with van der Waals surface area (Å²) < 4.78 is 23.5. The summed E-state index contributed by atoms with van der Waals surface area (Å²) in [5.74, 6) is 0.525. The van der Waals surface area contributed by atoms with E-state index in [0.29, 0.717) is 32.1 Å². The second kappa shape index (κ2) is 11.0. The van der Waals surface area contributed by atoms with E-state index in [1.54, 1.807) is 13.8 Å². The first-order chi connectivity index (χ1) is 12.7. The van der Waals surface area contributed by atoms with Gasteiger partial charge in [0.15, 0.2) is 15.8 Å². The molecule has 0 unspecified atom stereocenters. The number of aliphatic imine (C=N–C) groups is 1. The SMILES string of the molecule is CCNC(=NCC(=O)NCCc1ccccc1)N1CCS(=O)(=O)C(C)(C)C1.I. The zero-order valence-corrected chi connectivity index (χ0v) is 19.9. The Hall–Kier alpha value is -1.36. The van der Waals surface area contributed by atoms with Gasteiger partial charge in [-0.05, 0) is 32.8 Å². The molecule has 7 nitrogen and oxygen atoms in total. The Bertz CT molecular complexity index is 767. The number of hydrogen-bond donors (Lipinski definition) is 2. The molecule has 0 aliphatic carbocycles. The van der Waals surface area contributed by atoms with E-state index in [1.807, 2.05) is 42.2 Å². The fraction of sp³-hybridized carbons (Fsp3) is 0.579. The summed E-state index contributed by atoms with van der Waals surface area (Å²) in [6, 6.07) is 9.97. The third kappa shape index (κ3) is 6.91. The molecule has 158 valence electrons. The van der Waals surface area contributed by atoms with Crippen molar-refractivity contribution >= 4 is 45.7 Å². The number of amides is 1. The maximum absolute atomic E-state index is 12.2. The van der Waals surface area contributed by atoms with Crippen molar-refractivity contribution in [1.29, 1.82) is 0 Å². The lowest BCUT2D eigenvalue weighted by atomic mass is 10.1. The van der Waals surface area contributed by atoms with E-state index in [1.165, 1.54) is 5.56 Å². The Balaban J connectivity index is 0.00000392. The number of hydrogen-bond acceptors (Lipinski definition) is 4. The fourth-order valence-corrected chi connectivity index (χ4v) is 4.31. The third-order valence-corrected chi connectivity index (χ3v) is 7.16. The zero-order valence-electron chi connectivity index (χ0n) is 16.8. The van der Waals surface area contributed by atoms with E-state index in [2.05, 4.69) is 15.6 Å². The van der Waals surface area contributed by atoms with Crippen LogP contribution < -0.4 is 10.6 Å². The standard InChI is InChI=1S/C19H30N4O3S.HI/c1-4-20-18(23-12-13-27(25,26)19(2,3)15-23)22-14-17(24)21-11-10-16-8-6-5-7-9-16;/h5-9H,4,10-15H2,1-3H3,(H,20,22)(H,21,24);1H. The summed E-state index contributed by atoms with van der Waals surface area (Å²) in [6.07, 6.45) is 0.772. The summed E-state index contributed by atoms with van der Waals surface area (Å²) in [7, 11) is -3.12. The van der Waals surface area contributed by atoms with Gasteiger partial charge in [-0.15, -0.1) is 24.0 Å². The van der Waals surface area contributed by atoms with Crippen LogP contribution in [0.4, 0.5) is 0 Å². The molecule has 0 bridgehead atoms. The first-order valence-corrected chi connectivity index (χ1v) is 11.0. The van der Waals surface area contributed by atoms with Crippen molar-refractivity contribution in [3.05, 3.63) is 35.9 Å². The number of carbonyl (C=O) groups excluding carboxylic acids is 1. The van der Waals surface area contributed by atoms with Crippen molar-refractivity contribution in [3.63, 3.8) is 0 Å². The minimum atomic E-state index is -3.12. The van der Waals surface area contributed by atoms with Gasteiger partial charge in [-0.3, -0.25) is 4.79 Å². The van der Waals surface area contributed by atoms with Crippen LogP contribution in [0.25, 0.3) is 0 Å². The molecule has 1 fully saturated rings. The molecule has 1 aliphatic heterocycles. The average Bonchev–Trinajstić information content (AvgIpc) is 2.62. The molecule has 28 heavy (non-hydrogen) atoms. The van der Waals surface area contributed by atoms with Crippen molar-refractivity contribution in [2.24, 2.45) is 4.99 Å². The Morgan fingerprint density at radius 1 is 1.21 bits per heavy atom. The van der Waals surface area contributed by atoms with Gasteiger partial charge >= 0.3 is 0 Å². The molecular weight excluding hydrogens is 491 g/mol. The predicted molar refractivity (Wildman–Crippen MR) is 124 cm³/mol. The van der Waals surface area contributed by atoms with Gasteiger partial charge in [0, 0.05) is 26.2 Å². The maximum atomic E-state index is 12.2. The normalized spacial score (nSPS) is 18.1. The molecule has 0 spiro atoms. The summed E-state index contributed by atoms with van der Waals surface area (Å²) in [5, 5.41) is 6.03. The molecule has 0 saturated carbocycles. The van der Waals surface area contributed by atoms with Crippen LogP contribution in [-0.2, 0) is 21.1 Å². The Morgan fingerprint density at radius 2 is 1.89 bits per heavy atom. The highest BCUT2D eigenvalue weighted by Gasteiger charge is 2.40. The van der Waals surface area contributed by atoms with Crippen molar-refractivity contribution in [1.82, 2.24) is 15.5 Å². The highest BCUT2D eigenvalue weighted by molar-refractivity contribution is 14.0. The van der Waals surface area contributed by atoms with E-state index in [0.717, 1.165) is 6.42 Å². The monoisotopic (exact) mass is 522 g/mol. The smallest absolute Gasteiger partial charge is 0.241 e. The fourth-order valence-electron chi connectivity index (χ4n) is 2.94. The number of halogens is 1. The molecular formula is C19H31IN4O3S. The highest BCUT2D eigenvalue weighted by Crippen LogP contribution is 2.23. The van der Waals surface area contributed by atoms with Crippen LogP contribution in [0.2, 0.25) is 0 Å². The third-order valence-electron chi connectivity index (χ3n) is 4.63. The van der Waals surface area contributed by atoms with Crippen LogP contribution in [0.3, 0.4) is 0 Å². The lowest BCUT2D eigenvalue weighted by Crippen LogP contribution is -2.57. The Morgan fingerprint density at radius 3 is 2.50 bits per heavy atom. The average molecular weight is 522 g/mol. The molecule has 0 atom stereocenters. The molecule has 1 heterocycles. The van der Waals surface area contributed by atoms with Crippen LogP contribution in [0.1, 0.15) is 26.3 Å². The molecule has 2 N–H and O–H groups in total. The van der Waals surface area contributed by atoms with Gasteiger partial charge in [0.05, 0.1) is 10.5 Å². The van der Waals surface area contributed by atoms with E-state index >= 15 is 0 Å². The van der Waals surface area contributed by atoms with Crippen LogP contribution in [0.15, 0.2) is 35.3 Å². The van der Waals surface area contributed by atoms with Gasteiger partial charge in [-0.1, -0.05) is 30.3 Å². The molecule has 1 aromatic carbocycles. The predicted octanol–water partition coefficient (Wildman–Crippen LogP) is 1.44. The van der Waals surface area contributed by atoms with E-state index in [4.69, 9.17) is 0 Å². The summed E-state index contributed by atoms with van der Waals surface area (Å²) in [5.41, 5.74) is 1.17. The first kappa shape index (κ1) is 24.7. The minimum absolute atomic E-state index is 0. The highest BCUT2D eigenvalue weighted by atomic mass is 127. The second-order valence-electron chi connectivity index (χ2n) is 7.26. The Kier molecular flexibility index (Phi) is 9.68. The van der Waals surface area contributed by atoms with Gasteiger partial charge < -0.3 is 15.5 Å². The van der Waals surface area contributed by atoms with Crippen molar-refractivity contribution in [2.45, 2.75) is 31.9 Å². The minimum Gasteiger partial charge on any atom is -0.357 e. The quantitative estimate of drug-likeness (QED) is 0.335. The molecule has 1 aliphatic rings. The van der Waals surface area contributed by atoms with Crippen molar-refractivity contribution in [3.8, 4) is 0 Å². The largest absolute Gasteiger partial charge is 0.357 e. The van der Waals surface area contributed by atoms with Crippen molar-refractivity contribution < 1.29 is 13.2 Å². The van der Waals surface area contributed by atoms with Gasteiger partial charge in [-0.25, -0.2) is 13.4 Å². The van der Waals surface area contributed by atoms with Gasteiger partial charge in [0.2, 0.25) is 5.91 Å². The number of rotatable bonds is 6. The zero-order chi connectivity index (χ0) is 19.9. The summed E-state index contributed by atoms with van der Waals surface area (Å²) >= 11 is 0. The lowest BCUT2D eigenvalue weighted by Gasteiger charge is -2.39. The topological polar surface area (TPSA) is 90.9 Å². The van der Waals surface area contributed by atoms with Gasteiger partial charge in [-0.2, -0.15) is 0 Å². The molecule has 0 radical (unpaired) electrons. The van der Waals surface area contributed by atoms with E-state index < -0.39 is 14.6 Å². The van der Waals surface area contributed by atoms with Crippen LogP contribution in [0, 0.1) is 0 Å². The van der Waals surface area contributed by atoms with Gasteiger partial charge in [0.1, 0.15) is 6.54 Å². The maximum Gasteiger partial charge on any atom is 0.241 e. The number of carbonyl (C=O) groups is 1. The summed E-state index contributed by atoms with van der Waals surface area (Å²) in [4.78, 5) is 18.4. The van der Waals surface area contributed by atoms with E-state index in [9.17, 15) is 13.2 Å². The number of nitrogens with one attached hydrogen (secondary N) is 2. The lowest BCUT2D eigenvalue weighted by molar-refractivity contribution is -0.119. The molecule has 2 rings (SSSR count). The number of guanidine groups is 1. The molecule has 1 amide bonds. The molecule has 1 aromatic rings. The van der Waals surface area contributed by atoms with Crippen molar-refractivity contribution in [2.75, 3.05) is 38.5 Å². The first-order valence-electron chi connectivity index (χ1n) is 9.31.